The molecule has 1 nitrogen and oxygen atoms in total. The summed E-state index contributed by atoms with van der Waals surface area (Å²) in [7, 11) is 1.95. The van der Waals surface area contributed by atoms with Gasteiger partial charge in [-0.2, -0.15) is 0 Å². The summed E-state index contributed by atoms with van der Waals surface area (Å²) in [4.78, 5) is 2.02. The molecule has 1 aliphatic rings. The maximum atomic E-state index is 12.5. The first-order valence-corrected chi connectivity index (χ1v) is 3.03. The molecule has 0 aromatic rings. The molecule has 1 aliphatic heterocycles. The molecule has 8 heavy (non-hydrogen) atoms. The number of likely N-dealkylation sites (tertiary alicyclic amines) is 1. The first-order chi connectivity index (χ1) is 3.70. The van der Waals surface area contributed by atoms with Crippen LogP contribution in [-0.2, 0) is 0 Å². The van der Waals surface area contributed by atoms with Crippen LogP contribution in [0, 0.1) is 5.92 Å². The molecule has 2 heteroatoms. The van der Waals surface area contributed by atoms with Crippen molar-refractivity contribution in [1.82, 2.24) is 4.90 Å². The average Bonchev–Trinajstić information content (AvgIpc) is 1.85. The van der Waals surface area contributed by atoms with E-state index in [0.29, 0.717) is 6.54 Å². The van der Waals surface area contributed by atoms with Crippen LogP contribution in [0.4, 0.5) is 4.39 Å². The Kier molecular flexibility index (Phi) is 1.52. The lowest BCUT2D eigenvalue weighted by Crippen LogP contribution is -2.13. The van der Waals surface area contributed by atoms with Crippen LogP contribution in [0.2, 0.25) is 0 Å². The van der Waals surface area contributed by atoms with Gasteiger partial charge in [-0.1, -0.05) is 6.92 Å². The second kappa shape index (κ2) is 2.02. The van der Waals surface area contributed by atoms with Crippen LogP contribution >= 0.6 is 0 Å². The SMILES string of the molecule is C[C@@H]1CN(C)C[C@H]1F. The van der Waals surface area contributed by atoms with Crippen molar-refractivity contribution < 1.29 is 4.39 Å². The van der Waals surface area contributed by atoms with Crippen molar-refractivity contribution in [3.8, 4) is 0 Å². The number of rotatable bonds is 0. The molecule has 1 heterocycles. The van der Waals surface area contributed by atoms with Crippen LogP contribution in [-0.4, -0.2) is 31.2 Å². The molecule has 0 bridgehead atoms. The topological polar surface area (TPSA) is 3.24 Å². The van der Waals surface area contributed by atoms with Crippen LogP contribution in [0.25, 0.3) is 0 Å². The molecule has 2 atom stereocenters. The van der Waals surface area contributed by atoms with E-state index in [1.165, 1.54) is 0 Å². The Morgan fingerprint density at radius 2 is 2.12 bits per heavy atom. The third-order valence-corrected chi connectivity index (χ3v) is 1.70. The van der Waals surface area contributed by atoms with E-state index < -0.39 is 6.17 Å². The molecular weight excluding hydrogens is 105 g/mol. The predicted octanol–water partition coefficient (Wildman–Crippen LogP) is 0.906. The van der Waals surface area contributed by atoms with Crippen molar-refractivity contribution in [2.75, 3.05) is 20.1 Å². The van der Waals surface area contributed by atoms with Crippen molar-refractivity contribution in [2.24, 2.45) is 5.92 Å². The van der Waals surface area contributed by atoms with Gasteiger partial charge >= 0.3 is 0 Å². The molecule has 1 fully saturated rings. The highest BCUT2D eigenvalue weighted by molar-refractivity contribution is 4.78. The van der Waals surface area contributed by atoms with E-state index in [-0.39, 0.29) is 5.92 Å². The summed E-state index contributed by atoms with van der Waals surface area (Å²) in [5.41, 5.74) is 0. The van der Waals surface area contributed by atoms with E-state index in [4.69, 9.17) is 0 Å². The average molecular weight is 117 g/mol. The highest BCUT2D eigenvalue weighted by Crippen LogP contribution is 2.16. The Balaban J connectivity index is 2.39. The van der Waals surface area contributed by atoms with Gasteiger partial charge < -0.3 is 4.90 Å². The summed E-state index contributed by atoms with van der Waals surface area (Å²) in [6.45, 7) is 3.50. The second-order valence-electron chi connectivity index (χ2n) is 2.71. The van der Waals surface area contributed by atoms with E-state index in [2.05, 4.69) is 0 Å². The van der Waals surface area contributed by atoms with Crippen molar-refractivity contribution >= 4 is 0 Å². The summed E-state index contributed by atoms with van der Waals surface area (Å²) < 4.78 is 12.5. The Morgan fingerprint density at radius 3 is 2.25 bits per heavy atom. The Morgan fingerprint density at radius 1 is 1.50 bits per heavy atom. The Labute approximate surface area is 49.5 Å². The van der Waals surface area contributed by atoms with E-state index in [9.17, 15) is 4.39 Å². The zero-order valence-electron chi connectivity index (χ0n) is 5.39. The largest absolute Gasteiger partial charge is 0.303 e. The molecule has 1 rings (SSSR count). The smallest absolute Gasteiger partial charge is 0.116 e. The lowest BCUT2D eigenvalue weighted by molar-refractivity contribution is 0.289. The molecule has 0 N–H and O–H groups in total. The van der Waals surface area contributed by atoms with E-state index >= 15 is 0 Å². The van der Waals surface area contributed by atoms with Crippen molar-refractivity contribution in [3.63, 3.8) is 0 Å². The number of hydrogen-bond acceptors (Lipinski definition) is 1. The van der Waals surface area contributed by atoms with Crippen LogP contribution < -0.4 is 0 Å². The monoisotopic (exact) mass is 117 g/mol. The van der Waals surface area contributed by atoms with E-state index in [0.717, 1.165) is 6.54 Å². The molecule has 48 valence electrons. The maximum Gasteiger partial charge on any atom is 0.116 e. The molecule has 0 radical (unpaired) electrons. The Hall–Kier alpha value is -0.110. The van der Waals surface area contributed by atoms with Crippen LogP contribution in [0.5, 0.6) is 0 Å². The minimum Gasteiger partial charge on any atom is -0.303 e. The van der Waals surface area contributed by atoms with Gasteiger partial charge in [0, 0.05) is 19.0 Å². The summed E-state index contributed by atoms with van der Waals surface area (Å²) in [6.07, 6.45) is -0.583. The summed E-state index contributed by atoms with van der Waals surface area (Å²) in [5.74, 6) is 0.250. The maximum absolute atomic E-state index is 12.5. The fraction of sp³-hybridized carbons (Fsp3) is 1.00. The van der Waals surface area contributed by atoms with Crippen molar-refractivity contribution in [1.29, 1.82) is 0 Å². The van der Waals surface area contributed by atoms with Gasteiger partial charge in [0.2, 0.25) is 0 Å². The number of alkyl halides is 1. The highest BCUT2D eigenvalue weighted by Gasteiger charge is 2.26. The number of halogens is 1. The molecule has 0 unspecified atom stereocenters. The first kappa shape index (κ1) is 6.02. The lowest BCUT2D eigenvalue weighted by atomic mass is 10.1. The fourth-order valence-electron chi connectivity index (χ4n) is 1.16. The van der Waals surface area contributed by atoms with Crippen molar-refractivity contribution in [2.45, 2.75) is 13.1 Å². The molecule has 0 spiro atoms. The quantitative estimate of drug-likeness (QED) is 0.455. The van der Waals surface area contributed by atoms with E-state index in [1.807, 2.05) is 18.9 Å². The third-order valence-electron chi connectivity index (χ3n) is 1.70. The van der Waals surface area contributed by atoms with Gasteiger partial charge in [-0.15, -0.1) is 0 Å². The number of hydrogen-bond donors (Lipinski definition) is 0. The van der Waals surface area contributed by atoms with Gasteiger partial charge in [-0.05, 0) is 7.05 Å². The standard InChI is InChI=1S/C6H12FN/c1-5-3-8(2)4-6(5)7/h5-6H,3-4H2,1-2H3/t5-,6-/m1/s1. The number of nitrogens with zero attached hydrogens (tertiary/aromatic N) is 1. The van der Waals surface area contributed by atoms with E-state index in [1.54, 1.807) is 0 Å². The minimum absolute atomic E-state index is 0.250. The zero-order chi connectivity index (χ0) is 6.15. The van der Waals surface area contributed by atoms with Crippen LogP contribution in [0.15, 0.2) is 0 Å². The molecule has 0 aromatic heterocycles. The Bertz CT molecular complexity index is 74.6. The normalized spacial score (nSPS) is 40.9. The first-order valence-electron chi connectivity index (χ1n) is 3.03. The van der Waals surface area contributed by atoms with Crippen LogP contribution in [0.3, 0.4) is 0 Å². The highest BCUT2D eigenvalue weighted by atomic mass is 19.1. The molecule has 0 saturated carbocycles. The lowest BCUT2D eigenvalue weighted by Gasteiger charge is -2.02. The third kappa shape index (κ3) is 0.996. The van der Waals surface area contributed by atoms with Crippen LogP contribution in [0.1, 0.15) is 6.92 Å². The molecule has 0 amide bonds. The summed E-state index contributed by atoms with van der Waals surface area (Å²) in [6, 6.07) is 0. The van der Waals surface area contributed by atoms with Crippen molar-refractivity contribution in [3.05, 3.63) is 0 Å². The summed E-state index contributed by atoms with van der Waals surface area (Å²) in [5, 5.41) is 0. The molecular formula is C6H12FN. The van der Waals surface area contributed by atoms with Gasteiger partial charge in [-0.3, -0.25) is 0 Å². The zero-order valence-corrected chi connectivity index (χ0v) is 5.39. The second-order valence-corrected chi connectivity index (χ2v) is 2.71. The van der Waals surface area contributed by atoms with Gasteiger partial charge in [0.15, 0.2) is 0 Å². The van der Waals surface area contributed by atoms with Gasteiger partial charge in [-0.25, -0.2) is 4.39 Å². The molecule has 0 aromatic carbocycles. The molecule has 0 aliphatic carbocycles. The van der Waals surface area contributed by atoms with Gasteiger partial charge in [0.25, 0.3) is 0 Å². The predicted molar refractivity (Wildman–Crippen MR) is 31.6 cm³/mol. The fourth-order valence-corrected chi connectivity index (χ4v) is 1.16. The van der Waals surface area contributed by atoms with Gasteiger partial charge in [0.1, 0.15) is 6.17 Å². The summed E-state index contributed by atoms with van der Waals surface area (Å²) >= 11 is 0. The molecule has 1 saturated heterocycles. The minimum atomic E-state index is -0.583. The van der Waals surface area contributed by atoms with Gasteiger partial charge in [0.05, 0.1) is 0 Å².